The maximum absolute atomic E-state index is 12.4. The highest BCUT2D eigenvalue weighted by molar-refractivity contribution is 5.29. The fourth-order valence-corrected chi connectivity index (χ4v) is 6.60. The van der Waals surface area contributed by atoms with E-state index in [1.165, 1.54) is 0 Å². The monoisotopic (exact) mass is 486 g/mol. The second-order valence-corrected chi connectivity index (χ2v) is 10.1. The van der Waals surface area contributed by atoms with Gasteiger partial charge in [-0.3, -0.25) is 15.0 Å². The molecule has 2 heterocycles. The van der Waals surface area contributed by atoms with Gasteiger partial charge in [-0.25, -0.2) is 4.84 Å². The Kier molecular flexibility index (Phi) is 6.09. The van der Waals surface area contributed by atoms with Crippen LogP contribution in [-0.4, -0.2) is 35.1 Å². The van der Waals surface area contributed by atoms with Crippen molar-refractivity contribution in [1.82, 2.24) is 5.23 Å². The Bertz CT molecular complexity index is 1190. The lowest BCUT2D eigenvalue weighted by Gasteiger charge is -2.54. The van der Waals surface area contributed by atoms with Crippen LogP contribution in [0.4, 0.5) is 0 Å². The topological polar surface area (TPSA) is 74.1 Å². The highest BCUT2D eigenvalue weighted by Crippen LogP contribution is 2.58. The molecule has 3 aromatic carbocycles. The van der Waals surface area contributed by atoms with Crippen molar-refractivity contribution in [2.75, 3.05) is 7.11 Å². The molecule has 0 amide bonds. The molecule has 36 heavy (non-hydrogen) atoms. The van der Waals surface area contributed by atoms with Gasteiger partial charge < -0.3 is 4.74 Å². The van der Waals surface area contributed by atoms with Crippen LogP contribution in [-0.2, 0) is 14.4 Å². The maximum Gasteiger partial charge on any atom is 0.220 e. The predicted octanol–water partition coefficient (Wildman–Crippen LogP) is 5.64. The van der Waals surface area contributed by atoms with Gasteiger partial charge in [0.1, 0.15) is 6.10 Å². The van der Waals surface area contributed by atoms with E-state index in [4.69, 9.17) is 14.4 Å². The molecule has 2 aliphatic heterocycles. The molecule has 1 saturated carbocycles. The molecule has 186 valence electrons. The second kappa shape index (κ2) is 9.41. The summed E-state index contributed by atoms with van der Waals surface area (Å²) in [4.78, 5) is 25.3. The van der Waals surface area contributed by atoms with Crippen LogP contribution in [0.3, 0.4) is 0 Å². The molecule has 2 saturated heterocycles. The van der Waals surface area contributed by atoms with E-state index in [9.17, 15) is 10.1 Å². The van der Waals surface area contributed by atoms with Gasteiger partial charge in [0.05, 0.1) is 12.0 Å². The second-order valence-electron chi connectivity index (χ2n) is 10.1. The minimum absolute atomic E-state index is 0.0483. The SMILES string of the molecule is CO[C@@]12C[C@@H](c3ccccc3)[C@H]([N+](=O)[O-])C[C@@H]1[C@@H](c1ccccc1)C1CC(c3ccccc3)ON1O2. The molecule has 0 bridgehead atoms. The van der Waals surface area contributed by atoms with Crippen LogP contribution in [0, 0.1) is 16.0 Å². The summed E-state index contributed by atoms with van der Waals surface area (Å²) >= 11 is 0. The molecule has 0 aromatic heterocycles. The Morgan fingerprint density at radius 3 is 2.06 bits per heavy atom. The zero-order valence-corrected chi connectivity index (χ0v) is 20.2. The third-order valence-electron chi connectivity index (χ3n) is 8.28. The van der Waals surface area contributed by atoms with Gasteiger partial charge in [-0.05, 0) is 16.7 Å². The molecule has 0 spiro atoms. The fraction of sp³-hybridized carbons (Fsp3) is 0.379. The first-order chi connectivity index (χ1) is 17.6. The molecule has 7 nitrogen and oxygen atoms in total. The first-order valence-corrected chi connectivity index (χ1v) is 12.6. The third-order valence-corrected chi connectivity index (χ3v) is 8.28. The normalized spacial score (nSPS) is 34.0. The van der Waals surface area contributed by atoms with Gasteiger partial charge in [0.2, 0.25) is 6.04 Å². The molecular weight excluding hydrogens is 456 g/mol. The van der Waals surface area contributed by atoms with Crippen molar-refractivity contribution in [2.45, 2.75) is 55.1 Å². The number of hydrogen-bond donors (Lipinski definition) is 0. The lowest BCUT2D eigenvalue weighted by molar-refractivity contribution is -0.552. The van der Waals surface area contributed by atoms with Gasteiger partial charge >= 0.3 is 0 Å². The van der Waals surface area contributed by atoms with Gasteiger partial charge in [-0.2, -0.15) is 0 Å². The standard InChI is InChI=1S/C29H30N2O5/c1-34-29-19-23(20-11-5-2-6-12-20)25(30(32)33)17-24(29)28(22-15-9-4-10-16-22)26-18-27(35-31(26)36-29)21-13-7-3-8-14-21/h2-16,23-28H,17-19H2,1H3/t23-,24+,25+,26?,27?,28+,29+/m0/s1. The van der Waals surface area contributed by atoms with Gasteiger partial charge in [0.15, 0.2) is 5.79 Å². The number of hydroxylamine groups is 2. The van der Waals surface area contributed by atoms with Crippen molar-refractivity contribution >= 4 is 0 Å². The van der Waals surface area contributed by atoms with Crippen LogP contribution >= 0.6 is 0 Å². The van der Waals surface area contributed by atoms with Crippen LogP contribution in [0.1, 0.15) is 53.9 Å². The molecular formula is C29H30N2O5. The molecule has 0 radical (unpaired) electrons. The fourth-order valence-electron chi connectivity index (χ4n) is 6.60. The van der Waals surface area contributed by atoms with Crippen LogP contribution < -0.4 is 0 Å². The van der Waals surface area contributed by atoms with Gasteiger partial charge in [-0.1, -0.05) is 96.2 Å². The van der Waals surface area contributed by atoms with E-state index in [1.807, 2.05) is 66.7 Å². The van der Waals surface area contributed by atoms with E-state index in [-0.39, 0.29) is 34.8 Å². The van der Waals surface area contributed by atoms with E-state index in [0.29, 0.717) is 12.8 Å². The van der Waals surface area contributed by atoms with Crippen molar-refractivity contribution in [2.24, 2.45) is 5.92 Å². The Morgan fingerprint density at radius 2 is 1.47 bits per heavy atom. The molecule has 3 aliphatic rings. The zero-order valence-electron chi connectivity index (χ0n) is 20.2. The summed E-state index contributed by atoms with van der Waals surface area (Å²) in [6.07, 6.45) is 1.30. The number of ether oxygens (including phenoxy) is 1. The smallest absolute Gasteiger partial charge is 0.220 e. The third kappa shape index (κ3) is 3.92. The molecule has 1 aliphatic carbocycles. The van der Waals surface area contributed by atoms with Crippen LogP contribution in [0.15, 0.2) is 91.0 Å². The Morgan fingerprint density at radius 1 is 0.889 bits per heavy atom. The minimum atomic E-state index is -1.05. The van der Waals surface area contributed by atoms with Crippen LogP contribution in [0.5, 0.6) is 0 Å². The number of methoxy groups -OCH3 is 1. The summed E-state index contributed by atoms with van der Waals surface area (Å²) in [6.45, 7) is 0. The first-order valence-electron chi connectivity index (χ1n) is 12.6. The van der Waals surface area contributed by atoms with Crippen molar-refractivity contribution in [3.63, 3.8) is 0 Å². The van der Waals surface area contributed by atoms with Crippen molar-refractivity contribution in [3.05, 3.63) is 118 Å². The first kappa shape index (κ1) is 23.3. The Hall–Kier alpha value is -3.10. The average molecular weight is 487 g/mol. The summed E-state index contributed by atoms with van der Waals surface area (Å²) in [5, 5.41) is 14.0. The van der Waals surface area contributed by atoms with E-state index in [0.717, 1.165) is 23.1 Å². The molecule has 3 fully saturated rings. The van der Waals surface area contributed by atoms with Crippen LogP contribution in [0.25, 0.3) is 0 Å². The largest absolute Gasteiger partial charge is 0.351 e. The summed E-state index contributed by atoms with van der Waals surface area (Å²) in [7, 11) is 1.65. The summed E-state index contributed by atoms with van der Waals surface area (Å²) in [6, 6.07) is 29.3. The van der Waals surface area contributed by atoms with Gasteiger partial charge in [0.25, 0.3) is 0 Å². The molecule has 2 unspecified atom stereocenters. The summed E-state index contributed by atoms with van der Waals surface area (Å²) in [5.41, 5.74) is 3.14. The van der Waals surface area contributed by atoms with Gasteiger partial charge in [0, 0.05) is 43.1 Å². The molecule has 7 atom stereocenters. The molecule has 7 heteroatoms. The number of benzene rings is 3. The van der Waals surface area contributed by atoms with E-state index < -0.39 is 11.8 Å². The van der Waals surface area contributed by atoms with Crippen LogP contribution in [0.2, 0.25) is 0 Å². The Labute approximate surface area is 210 Å². The number of rotatable bonds is 5. The van der Waals surface area contributed by atoms with E-state index in [1.54, 1.807) is 12.3 Å². The summed E-state index contributed by atoms with van der Waals surface area (Å²) in [5.74, 6) is -1.64. The highest BCUT2D eigenvalue weighted by atomic mass is 17.0. The average Bonchev–Trinajstić information content (AvgIpc) is 3.35. The minimum Gasteiger partial charge on any atom is -0.351 e. The highest BCUT2D eigenvalue weighted by Gasteiger charge is 2.64. The molecule has 3 aromatic rings. The van der Waals surface area contributed by atoms with E-state index >= 15 is 0 Å². The predicted molar refractivity (Wildman–Crippen MR) is 133 cm³/mol. The van der Waals surface area contributed by atoms with Gasteiger partial charge in [-0.15, -0.1) is 0 Å². The Balaban J connectivity index is 1.43. The van der Waals surface area contributed by atoms with Crippen molar-refractivity contribution in [3.8, 4) is 0 Å². The molecule has 6 rings (SSSR count). The quantitative estimate of drug-likeness (QED) is 0.343. The number of nitro groups is 1. The summed E-state index contributed by atoms with van der Waals surface area (Å²) < 4.78 is 6.20. The van der Waals surface area contributed by atoms with E-state index in [2.05, 4.69) is 24.3 Å². The number of fused-ring (bicyclic) bond motifs is 2. The maximum atomic E-state index is 12.4. The number of hydrogen-bond acceptors (Lipinski definition) is 6. The zero-order chi connectivity index (χ0) is 24.7. The molecule has 0 N–H and O–H groups in total. The lowest BCUT2D eigenvalue weighted by atomic mass is 9.63. The van der Waals surface area contributed by atoms with Crippen molar-refractivity contribution < 1.29 is 19.3 Å². The lowest BCUT2D eigenvalue weighted by Crippen LogP contribution is -2.63. The van der Waals surface area contributed by atoms with Crippen molar-refractivity contribution in [1.29, 1.82) is 0 Å². The number of nitrogens with zero attached hydrogens (tertiary/aromatic N) is 2.